The van der Waals surface area contributed by atoms with Crippen molar-refractivity contribution in [3.05, 3.63) is 47.2 Å². The normalized spacial score (nSPS) is 16.9. The molecular weight excluding hydrogens is 504 g/mol. The number of ether oxygens (including phenoxy) is 3. The monoisotopic (exact) mass is 540 g/mol. The number of rotatable bonds is 10. The Hall–Kier alpha value is -2.88. The highest BCUT2D eigenvalue weighted by Crippen LogP contribution is 2.45. The minimum atomic E-state index is -1.47. The first kappa shape index (κ1) is 26.7. The lowest BCUT2D eigenvalue weighted by Crippen LogP contribution is -2.29. The van der Waals surface area contributed by atoms with E-state index in [4.69, 9.17) is 14.2 Å². The Bertz CT molecular complexity index is 1310. The standard InChI is InChI=1S/C29H36N2O6S/c1-4-37-29(33)28-23(18-38(34)20-10-13-25(35-2)26(16-20)36-3)31(19-8-9-19)22-11-12-24(32)21(27(22)28)17-30-14-6-5-7-15-30/h10-13,16,19,32H,4-9,14-15,17-18H2,1-3H3. The molecule has 9 heteroatoms. The highest BCUT2D eigenvalue weighted by atomic mass is 32.2. The van der Waals surface area contributed by atoms with Crippen molar-refractivity contribution in [2.45, 2.75) is 62.3 Å². The Kier molecular flexibility index (Phi) is 8.07. The summed E-state index contributed by atoms with van der Waals surface area (Å²) < 4.78 is 32.2. The van der Waals surface area contributed by atoms with Crippen LogP contribution in [0.5, 0.6) is 17.2 Å². The average molecular weight is 541 g/mol. The molecule has 1 unspecified atom stereocenters. The van der Waals surface area contributed by atoms with Crippen LogP contribution in [0.4, 0.5) is 0 Å². The zero-order valence-electron chi connectivity index (χ0n) is 22.3. The van der Waals surface area contributed by atoms with Crippen molar-refractivity contribution in [2.24, 2.45) is 0 Å². The van der Waals surface area contributed by atoms with E-state index in [0.717, 1.165) is 55.2 Å². The van der Waals surface area contributed by atoms with Crippen LogP contribution in [0.2, 0.25) is 0 Å². The molecule has 204 valence electrons. The molecule has 1 aromatic heterocycles. The van der Waals surface area contributed by atoms with Gasteiger partial charge in [-0.2, -0.15) is 0 Å². The summed E-state index contributed by atoms with van der Waals surface area (Å²) in [5, 5.41) is 11.7. The molecule has 3 aromatic rings. The molecule has 0 spiro atoms. The number of methoxy groups -OCH3 is 2. The number of phenols is 1. The molecule has 2 aromatic carbocycles. The Labute approximate surface area is 226 Å². The summed E-state index contributed by atoms with van der Waals surface area (Å²) in [6, 6.07) is 9.06. The van der Waals surface area contributed by atoms with Crippen LogP contribution < -0.4 is 9.47 Å². The van der Waals surface area contributed by atoms with Gasteiger partial charge in [0.25, 0.3) is 0 Å². The molecule has 8 nitrogen and oxygen atoms in total. The van der Waals surface area contributed by atoms with Crippen molar-refractivity contribution in [3.8, 4) is 17.2 Å². The second-order valence-electron chi connectivity index (χ2n) is 9.94. The van der Waals surface area contributed by atoms with Crippen molar-refractivity contribution in [1.82, 2.24) is 9.47 Å². The van der Waals surface area contributed by atoms with E-state index in [1.807, 2.05) is 6.07 Å². The van der Waals surface area contributed by atoms with E-state index in [-0.39, 0.29) is 24.2 Å². The zero-order valence-corrected chi connectivity index (χ0v) is 23.1. The Morgan fingerprint density at radius 1 is 1.08 bits per heavy atom. The molecule has 1 saturated heterocycles. The van der Waals surface area contributed by atoms with Crippen molar-refractivity contribution >= 4 is 28.0 Å². The number of nitrogens with zero attached hydrogens (tertiary/aromatic N) is 2. The Balaban J connectivity index is 1.64. The Morgan fingerprint density at radius 3 is 2.47 bits per heavy atom. The van der Waals surface area contributed by atoms with E-state index in [0.29, 0.717) is 34.2 Å². The van der Waals surface area contributed by atoms with Gasteiger partial charge in [-0.05, 0) is 81.1 Å². The van der Waals surface area contributed by atoms with Crippen LogP contribution in [0, 0.1) is 0 Å². The predicted molar refractivity (Wildman–Crippen MR) is 147 cm³/mol. The van der Waals surface area contributed by atoms with E-state index < -0.39 is 17.1 Å². The van der Waals surface area contributed by atoms with Gasteiger partial charge >= 0.3 is 5.97 Å². The van der Waals surface area contributed by atoms with Crippen LogP contribution in [-0.2, 0) is 28.2 Å². The summed E-state index contributed by atoms with van der Waals surface area (Å²) in [6.07, 6.45) is 5.44. The van der Waals surface area contributed by atoms with Gasteiger partial charge < -0.3 is 28.4 Å². The quantitative estimate of drug-likeness (QED) is 0.280. The molecule has 1 aliphatic carbocycles. The van der Waals surface area contributed by atoms with E-state index in [1.54, 1.807) is 45.4 Å². The zero-order chi connectivity index (χ0) is 26.8. The van der Waals surface area contributed by atoms with Gasteiger partial charge in [0.15, 0.2) is 22.1 Å². The van der Waals surface area contributed by atoms with Crippen molar-refractivity contribution in [3.63, 3.8) is 0 Å². The third kappa shape index (κ3) is 5.19. The minimum absolute atomic E-state index is 0.138. The van der Waals surface area contributed by atoms with Crippen molar-refractivity contribution < 1.29 is 28.7 Å². The van der Waals surface area contributed by atoms with Gasteiger partial charge in [0, 0.05) is 29.6 Å². The fourth-order valence-corrected chi connectivity index (χ4v) is 6.65. The number of phenolic OH excluding ortho intramolecular Hbond substituents is 1. The van der Waals surface area contributed by atoms with Gasteiger partial charge in [-0.25, -0.2) is 4.79 Å². The fraction of sp³-hybridized carbons (Fsp3) is 0.483. The molecule has 0 radical (unpaired) electrons. The molecule has 2 aliphatic rings. The maximum atomic E-state index is 13.7. The van der Waals surface area contributed by atoms with Gasteiger partial charge in [-0.1, -0.05) is 6.42 Å². The molecule has 2 fully saturated rings. The van der Waals surface area contributed by atoms with E-state index >= 15 is 0 Å². The number of likely N-dealkylation sites (tertiary alicyclic amines) is 1. The lowest BCUT2D eigenvalue weighted by atomic mass is 10.0. The van der Waals surface area contributed by atoms with Crippen molar-refractivity contribution in [2.75, 3.05) is 33.9 Å². The molecular formula is C29H36N2O6S. The van der Waals surface area contributed by atoms with E-state index in [1.165, 1.54) is 6.42 Å². The highest BCUT2D eigenvalue weighted by Gasteiger charge is 2.36. The summed E-state index contributed by atoms with van der Waals surface area (Å²) >= 11 is -1.47. The maximum absolute atomic E-state index is 13.7. The van der Waals surface area contributed by atoms with Crippen LogP contribution in [0.15, 0.2) is 35.2 Å². The first-order valence-electron chi connectivity index (χ1n) is 13.3. The number of benzene rings is 2. The van der Waals surface area contributed by atoms with Crippen LogP contribution in [0.3, 0.4) is 0 Å². The number of aromatic hydroxyl groups is 1. The maximum Gasteiger partial charge on any atom is 0.340 e. The highest BCUT2D eigenvalue weighted by molar-refractivity contribution is 7.90. The third-order valence-corrected chi connectivity index (χ3v) is 8.78. The lowest BCUT2D eigenvalue weighted by molar-refractivity contribution is 0.0527. The first-order valence-corrected chi connectivity index (χ1v) is 14.7. The molecule has 0 bridgehead atoms. The number of carbonyl (C=O) groups excluding carboxylic acids is 1. The molecule has 1 saturated carbocycles. The first-order chi connectivity index (χ1) is 18.5. The third-order valence-electron chi connectivity index (χ3n) is 7.46. The van der Waals surface area contributed by atoms with Crippen LogP contribution in [-0.4, -0.2) is 59.0 Å². The van der Waals surface area contributed by atoms with Gasteiger partial charge in [0.05, 0.1) is 37.6 Å². The smallest absolute Gasteiger partial charge is 0.340 e. The minimum Gasteiger partial charge on any atom is -0.611 e. The number of aromatic nitrogens is 1. The molecule has 1 N–H and O–H groups in total. The molecule has 38 heavy (non-hydrogen) atoms. The number of carbonyl (C=O) groups is 1. The lowest BCUT2D eigenvalue weighted by Gasteiger charge is -2.27. The molecule has 0 amide bonds. The van der Waals surface area contributed by atoms with Crippen molar-refractivity contribution in [1.29, 1.82) is 0 Å². The fourth-order valence-electron chi connectivity index (χ4n) is 5.50. The summed E-state index contributed by atoms with van der Waals surface area (Å²) in [7, 11) is 3.11. The summed E-state index contributed by atoms with van der Waals surface area (Å²) in [4.78, 5) is 16.4. The number of esters is 1. The number of piperidine rings is 1. The second kappa shape index (κ2) is 11.5. The number of hydrogen-bond donors (Lipinski definition) is 1. The molecule has 2 heterocycles. The summed E-state index contributed by atoms with van der Waals surface area (Å²) in [5.74, 6) is 0.931. The van der Waals surface area contributed by atoms with E-state index in [2.05, 4.69) is 9.47 Å². The van der Waals surface area contributed by atoms with Gasteiger partial charge in [0.1, 0.15) is 5.75 Å². The average Bonchev–Trinajstić information content (AvgIpc) is 3.72. The van der Waals surface area contributed by atoms with Gasteiger partial charge in [-0.3, -0.25) is 4.90 Å². The van der Waals surface area contributed by atoms with Crippen LogP contribution >= 0.6 is 0 Å². The van der Waals surface area contributed by atoms with Gasteiger partial charge in [0.2, 0.25) is 0 Å². The molecule has 1 aliphatic heterocycles. The number of fused-ring (bicyclic) bond motifs is 1. The van der Waals surface area contributed by atoms with E-state index in [9.17, 15) is 14.5 Å². The summed E-state index contributed by atoms with van der Waals surface area (Å²) in [6.45, 7) is 4.50. The SMILES string of the molecule is CCOC(=O)c1c(C[S+]([O-])c2ccc(OC)c(OC)c2)n(C2CC2)c2ccc(O)c(CN3CCCCC3)c12. The summed E-state index contributed by atoms with van der Waals surface area (Å²) in [5.41, 5.74) is 2.75. The topological polar surface area (TPSA) is 96.2 Å². The second-order valence-corrected chi connectivity index (χ2v) is 11.4. The number of hydrogen-bond acceptors (Lipinski definition) is 7. The molecule has 5 rings (SSSR count). The van der Waals surface area contributed by atoms with Crippen LogP contribution in [0.1, 0.15) is 66.7 Å². The largest absolute Gasteiger partial charge is 0.611 e. The predicted octanol–water partition coefficient (Wildman–Crippen LogP) is 5.17. The van der Waals surface area contributed by atoms with Gasteiger partial charge in [-0.15, -0.1) is 0 Å². The Morgan fingerprint density at radius 2 is 1.82 bits per heavy atom. The molecule has 1 atom stereocenters. The van der Waals surface area contributed by atoms with Crippen LogP contribution in [0.25, 0.3) is 10.9 Å².